The van der Waals surface area contributed by atoms with Crippen LogP contribution in [0.2, 0.25) is 0 Å². The molecule has 6 nitrogen and oxygen atoms in total. The first kappa shape index (κ1) is 18.1. The second-order valence-electron chi connectivity index (χ2n) is 6.80. The molecule has 0 radical (unpaired) electrons. The molecular formula is C17H21N3O3S3. The summed E-state index contributed by atoms with van der Waals surface area (Å²) >= 11 is 2.82. The van der Waals surface area contributed by atoms with Crippen LogP contribution in [0.15, 0.2) is 16.3 Å². The van der Waals surface area contributed by atoms with Crippen molar-refractivity contribution in [2.45, 2.75) is 43.2 Å². The number of anilines is 1. The van der Waals surface area contributed by atoms with E-state index in [1.165, 1.54) is 20.5 Å². The molecule has 0 aromatic carbocycles. The van der Waals surface area contributed by atoms with Gasteiger partial charge in [0.15, 0.2) is 5.13 Å². The lowest BCUT2D eigenvalue weighted by Gasteiger charge is -2.30. The van der Waals surface area contributed by atoms with Crippen LogP contribution in [0.5, 0.6) is 0 Å². The number of thiophene rings is 1. The van der Waals surface area contributed by atoms with Crippen molar-refractivity contribution in [2.75, 3.05) is 18.4 Å². The average molecular weight is 412 g/mol. The van der Waals surface area contributed by atoms with Crippen LogP contribution in [0, 0.1) is 12.8 Å². The molecule has 1 aliphatic heterocycles. The zero-order valence-corrected chi connectivity index (χ0v) is 17.0. The third kappa shape index (κ3) is 3.45. The minimum Gasteiger partial charge on any atom is -0.302 e. The van der Waals surface area contributed by atoms with Gasteiger partial charge >= 0.3 is 0 Å². The Morgan fingerprint density at radius 1 is 1.27 bits per heavy atom. The number of rotatable bonds is 4. The number of hydrogen-bond acceptors (Lipinski definition) is 6. The molecule has 1 saturated heterocycles. The van der Waals surface area contributed by atoms with Gasteiger partial charge in [-0.25, -0.2) is 13.4 Å². The molecule has 1 aliphatic carbocycles. The number of fused-ring (bicyclic) bond motifs is 1. The van der Waals surface area contributed by atoms with Gasteiger partial charge < -0.3 is 5.32 Å². The standard InChI is InChI=1S/C17H21N3O3S3/c1-11-7-8-15(24-11)26(22,23)20-9-3-4-12(10-20)16(21)19-17-18-13-5-2-6-14(13)25-17/h7-8,12H,2-6,9-10H2,1H3,(H,18,19,21). The van der Waals surface area contributed by atoms with Crippen LogP contribution in [0.25, 0.3) is 0 Å². The van der Waals surface area contributed by atoms with E-state index in [-0.39, 0.29) is 18.4 Å². The lowest BCUT2D eigenvalue weighted by molar-refractivity contribution is -0.120. The van der Waals surface area contributed by atoms with Crippen LogP contribution in [-0.2, 0) is 27.7 Å². The van der Waals surface area contributed by atoms with Crippen molar-refractivity contribution in [1.82, 2.24) is 9.29 Å². The number of amides is 1. The molecule has 0 bridgehead atoms. The molecule has 26 heavy (non-hydrogen) atoms. The summed E-state index contributed by atoms with van der Waals surface area (Å²) in [6.45, 7) is 2.59. The Balaban J connectivity index is 1.45. The molecule has 140 valence electrons. The molecular weight excluding hydrogens is 390 g/mol. The third-order valence-corrected chi connectivity index (χ3v) is 9.30. The lowest BCUT2D eigenvalue weighted by atomic mass is 9.99. The number of aromatic nitrogens is 1. The van der Waals surface area contributed by atoms with E-state index < -0.39 is 10.0 Å². The SMILES string of the molecule is Cc1ccc(S(=O)(=O)N2CCCC(C(=O)Nc3nc4c(s3)CCC4)C2)s1. The maximum absolute atomic E-state index is 12.8. The van der Waals surface area contributed by atoms with E-state index in [1.54, 1.807) is 17.4 Å². The first-order valence-electron chi connectivity index (χ1n) is 8.79. The molecule has 3 heterocycles. The highest BCUT2D eigenvalue weighted by Gasteiger charge is 2.34. The van der Waals surface area contributed by atoms with Gasteiger partial charge in [0, 0.05) is 22.8 Å². The molecule has 2 aromatic heterocycles. The van der Waals surface area contributed by atoms with Crippen molar-refractivity contribution in [1.29, 1.82) is 0 Å². The Hall–Kier alpha value is -1.29. The molecule has 2 aromatic rings. The molecule has 1 N–H and O–H groups in total. The number of nitrogens with one attached hydrogen (secondary N) is 1. The van der Waals surface area contributed by atoms with Crippen molar-refractivity contribution >= 4 is 43.7 Å². The monoisotopic (exact) mass is 411 g/mol. The Morgan fingerprint density at radius 3 is 2.85 bits per heavy atom. The van der Waals surface area contributed by atoms with E-state index in [1.807, 2.05) is 13.0 Å². The molecule has 0 saturated carbocycles. The zero-order valence-electron chi connectivity index (χ0n) is 14.5. The fourth-order valence-corrected chi connectivity index (χ4v) is 7.52. The fourth-order valence-electron chi connectivity index (χ4n) is 3.50. The highest BCUT2D eigenvalue weighted by atomic mass is 32.2. The van der Waals surface area contributed by atoms with Gasteiger partial charge in [-0.2, -0.15) is 4.31 Å². The van der Waals surface area contributed by atoms with Crippen molar-refractivity contribution in [2.24, 2.45) is 5.92 Å². The van der Waals surface area contributed by atoms with Gasteiger partial charge in [0.1, 0.15) is 4.21 Å². The minimum atomic E-state index is -3.52. The van der Waals surface area contributed by atoms with Gasteiger partial charge in [0.2, 0.25) is 5.91 Å². The number of carbonyl (C=O) groups is 1. The van der Waals surface area contributed by atoms with Crippen LogP contribution in [0.3, 0.4) is 0 Å². The second kappa shape index (κ2) is 7.03. The topological polar surface area (TPSA) is 79.4 Å². The van der Waals surface area contributed by atoms with Crippen LogP contribution in [0.1, 0.15) is 34.7 Å². The smallest absolute Gasteiger partial charge is 0.252 e. The summed E-state index contributed by atoms with van der Waals surface area (Å²) < 4.78 is 27.4. The van der Waals surface area contributed by atoms with Gasteiger partial charge in [0.25, 0.3) is 10.0 Å². The molecule has 0 spiro atoms. The summed E-state index contributed by atoms with van der Waals surface area (Å²) in [5.74, 6) is -0.460. The largest absolute Gasteiger partial charge is 0.302 e. The number of thiazole rings is 1. The molecule has 1 unspecified atom stereocenters. The van der Waals surface area contributed by atoms with E-state index in [0.717, 1.165) is 29.8 Å². The van der Waals surface area contributed by atoms with Crippen molar-refractivity contribution in [3.8, 4) is 0 Å². The van der Waals surface area contributed by atoms with Crippen molar-refractivity contribution in [3.05, 3.63) is 27.6 Å². The van der Waals surface area contributed by atoms with Gasteiger partial charge in [-0.3, -0.25) is 4.79 Å². The van der Waals surface area contributed by atoms with Gasteiger partial charge in [0.05, 0.1) is 11.6 Å². The maximum Gasteiger partial charge on any atom is 0.252 e. The minimum absolute atomic E-state index is 0.125. The summed E-state index contributed by atoms with van der Waals surface area (Å²) in [6, 6.07) is 3.46. The first-order chi connectivity index (χ1) is 12.4. The maximum atomic E-state index is 12.8. The summed E-state index contributed by atoms with van der Waals surface area (Å²) in [6.07, 6.45) is 4.55. The number of carbonyl (C=O) groups excluding carboxylic acids is 1. The predicted octanol–water partition coefficient (Wildman–Crippen LogP) is 3.04. The number of hydrogen-bond donors (Lipinski definition) is 1. The van der Waals surface area contributed by atoms with Gasteiger partial charge in [-0.05, 0) is 51.2 Å². The molecule has 2 aliphatic rings. The second-order valence-corrected chi connectivity index (χ2v) is 11.3. The average Bonchev–Trinajstić information content (AvgIpc) is 3.31. The first-order valence-corrected chi connectivity index (χ1v) is 11.9. The number of aryl methyl sites for hydroxylation is 3. The van der Waals surface area contributed by atoms with Crippen LogP contribution < -0.4 is 5.32 Å². The third-order valence-electron chi connectivity index (χ3n) is 4.89. The number of piperidine rings is 1. The Labute approximate surface area is 161 Å². The fraction of sp³-hybridized carbons (Fsp3) is 0.529. The normalized spacial score (nSPS) is 20.9. The van der Waals surface area contributed by atoms with E-state index in [9.17, 15) is 13.2 Å². The van der Waals surface area contributed by atoms with E-state index in [0.29, 0.717) is 28.7 Å². The molecule has 1 amide bonds. The van der Waals surface area contributed by atoms with Crippen molar-refractivity contribution in [3.63, 3.8) is 0 Å². The van der Waals surface area contributed by atoms with Crippen LogP contribution in [-0.4, -0.2) is 36.7 Å². The lowest BCUT2D eigenvalue weighted by Crippen LogP contribution is -2.43. The Morgan fingerprint density at radius 2 is 2.12 bits per heavy atom. The summed E-state index contributed by atoms with van der Waals surface area (Å²) in [5.41, 5.74) is 1.10. The highest BCUT2D eigenvalue weighted by molar-refractivity contribution is 7.91. The summed E-state index contributed by atoms with van der Waals surface area (Å²) in [5, 5.41) is 3.55. The van der Waals surface area contributed by atoms with E-state index in [4.69, 9.17) is 0 Å². The van der Waals surface area contributed by atoms with Crippen LogP contribution in [0.4, 0.5) is 5.13 Å². The number of sulfonamides is 1. The van der Waals surface area contributed by atoms with E-state index in [2.05, 4.69) is 10.3 Å². The molecule has 1 fully saturated rings. The molecule has 9 heteroatoms. The van der Waals surface area contributed by atoms with Gasteiger partial charge in [-0.1, -0.05) is 0 Å². The zero-order chi connectivity index (χ0) is 18.3. The van der Waals surface area contributed by atoms with Gasteiger partial charge in [-0.15, -0.1) is 22.7 Å². The molecule has 1 atom stereocenters. The number of nitrogens with zero attached hydrogens (tertiary/aromatic N) is 2. The van der Waals surface area contributed by atoms with E-state index >= 15 is 0 Å². The molecule has 4 rings (SSSR count). The predicted molar refractivity (Wildman–Crippen MR) is 103 cm³/mol. The Bertz CT molecular complexity index is 911. The summed E-state index contributed by atoms with van der Waals surface area (Å²) in [4.78, 5) is 19.4. The quantitative estimate of drug-likeness (QED) is 0.839. The van der Waals surface area contributed by atoms with Crippen LogP contribution >= 0.6 is 22.7 Å². The Kier molecular flexibility index (Phi) is 4.89. The summed E-state index contributed by atoms with van der Waals surface area (Å²) in [7, 11) is -3.52. The van der Waals surface area contributed by atoms with Crippen molar-refractivity contribution < 1.29 is 13.2 Å². The highest BCUT2D eigenvalue weighted by Crippen LogP contribution is 2.32.